The highest BCUT2D eigenvalue weighted by molar-refractivity contribution is 5.94. The molecule has 2 aromatic carbocycles. The second-order valence-electron chi connectivity index (χ2n) is 5.13. The highest BCUT2D eigenvalue weighted by Gasteiger charge is 2.20. The predicted molar refractivity (Wildman–Crippen MR) is 86.0 cm³/mol. The molecule has 1 amide bonds. The SMILES string of the molecule is O=C(NC(CC1=NCCO1)c1ccccc1)c1ccccc1. The lowest BCUT2D eigenvalue weighted by Crippen LogP contribution is -2.30. The van der Waals surface area contributed by atoms with Crippen molar-refractivity contribution in [2.24, 2.45) is 4.99 Å². The molecule has 4 heteroatoms. The number of nitrogens with zero attached hydrogens (tertiary/aromatic N) is 1. The molecule has 2 aromatic rings. The number of hydrogen-bond donors (Lipinski definition) is 1. The van der Waals surface area contributed by atoms with E-state index in [-0.39, 0.29) is 11.9 Å². The molecule has 0 saturated carbocycles. The highest BCUT2D eigenvalue weighted by Crippen LogP contribution is 2.19. The van der Waals surface area contributed by atoms with Crippen LogP contribution in [0.3, 0.4) is 0 Å². The first kappa shape index (κ1) is 14.3. The summed E-state index contributed by atoms with van der Waals surface area (Å²) in [5.41, 5.74) is 1.70. The molecule has 0 saturated heterocycles. The summed E-state index contributed by atoms with van der Waals surface area (Å²) in [4.78, 5) is 16.7. The molecular weight excluding hydrogens is 276 g/mol. The molecule has 0 aliphatic carbocycles. The van der Waals surface area contributed by atoms with Gasteiger partial charge < -0.3 is 10.1 Å². The monoisotopic (exact) mass is 294 g/mol. The van der Waals surface area contributed by atoms with Crippen molar-refractivity contribution in [1.82, 2.24) is 5.32 Å². The summed E-state index contributed by atoms with van der Waals surface area (Å²) in [5.74, 6) is 0.621. The van der Waals surface area contributed by atoms with Crippen molar-refractivity contribution in [1.29, 1.82) is 0 Å². The lowest BCUT2D eigenvalue weighted by molar-refractivity contribution is 0.0937. The van der Waals surface area contributed by atoms with E-state index in [2.05, 4.69) is 10.3 Å². The molecule has 0 radical (unpaired) electrons. The second-order valence-corrected chi connectivity index (χ2v) is 5.13. The first-order chi connectivity index (χ1) is 10.8. The van der Waals surface area contributed by atoms with E-state index in [1.165, 1.54) is 0 Å². The normalized spacial score (nSPS) is 14.8. The van der Waals surface area contributed by atoms with Crippen LogP contribution in [0.25, 0.3) is 0 Å². The van der Waals surface area contributed by atoms with Crippen molar-refractivity contribution >= 4 is 11.8 Å². The average Bonchev–Trinajstić information content (AvgIpc) is 3.09. The molecule has 3 rings (SSSR count). The van der Waals surface area contributed by atoms with Gasteiger partial charge in [-0.15, -0.1) is 0 Å². The molecule has 1 unspecified atom stereocenters. The van der Waals surface area contributed by atoms with Crippen LogP contribution in [-0.2, 0) is 4.74 Å². The minimum atomic E-state index is -0.147. The van der Waals surface area contributed by atoms with Gasteiger partial charge in [-0.2, -0.15) is 0 Å². The summed E-state index contributed by atoms with van der Waals surface area (Å²) in [5, 5.41) is 3.08. The van der Waals surface area contributed by atoms with Gasteiger partial charge in [-0.1, -0.05) is 48.5 Å². The van der Waals surface area contributed by atoms with E-state index >= 15 is 0 Å². The smallest absolute Gasteiger partial charge is 0.251 e. The van der Waals surface area contributed by atoms with Crippen LogP contribution in [0.15, 0.2) is 65.7 Å². The molecule has 1 aliphatic heterocycles. The number of carbonyl (C=O) groups excluding carboxylic acids is 1. The van der Waals surface area contributed by atoms with Crippen LogP contribution in [-0.4, -0.2) is 25.0 Å². The quantitative estimate of drug-likeness (QED) is 0.921. The molecule has 1 aliphatic rings. The van der Waals surface area contributed by atoms with E-state index in [1.807, 2.05) is 48.5 Å². The topological polar surface area (TPSA) is 50.7 Å². The van der Waals surface area contributed by atoms with Gasteiger partial charge in [0.1, 0.15) is 6.61 Å². The standard InChI is InChI=1S/C18H18N2O2/c21-18(15-9-5-2-6-10-15)20-16(13-17-19-11-12-22-17)14-7-3-1-4-8-14/h1-10,16H,11-13H2,(H,20,21). The Labute approximate surface area is 129 Å². The van der Waals surface area contributed by atoms with E-state index < -0.39 is 0 Å². The fourth-order valence-electron chi connectivity index (χ4n) is 2.45. The van der Waals surface area contributed by atoms with Gasteiger partial charge in [-0.25, -0.2) is 0 Å². The molecule has 22 heavy (non-hydrogen) atoms. The molecule has 0 bridgehead atoms. The number of ether oxygens (including phenoxy) is 1. The number of hydrogen-bond acceptors (Lipinski definition) is 3. The Morgan fingerprint density at radius 2 is 1.77 bits per heavy atom. The van der Waals surface area contributed by atoms with Crippen molar-refractivity contribution in [3.05, 3.63) is 71.8 Å². The number of rotatable bonds is 5. The number of benzene rings is 2. The molecule has 0 aromatic heterocycles. The zero-order valence-corrected chi connectivity index (χ0v) is 12.2. The Balaban J connectivity index is 1.77. The van der Waals surface area contributed by atoms with E-state index in [1.54, 1.807) is 12.1 Å². The van der Waals surface area contributed by atoms with E-state index in [9.17, 15) is 4.79 Å². The minimum absolute atomic E-state index is 0.0898. The third kappa shape index (κ3) is 3.52. The van der Waals surface area contributed by atoms with Crippen LogP contribution in [0.5, 0.6) is 0 Å². The van der Waals surface area contributed by atoms with Crippen LogP contribution in [0, 0.1) is 0 Å². The first-order valence-electron chi connectivity index (χ1n) is 7.40. The van der Waals surface area contributed by atoms with Crippen molar-refractivity contribution in [2.75, 3.05) is 13.2 Å². The summed E-state index contributed by atoms with van der Waals surface area (Å²) in [7, 11) is 0. The number of aliphatic imine (C=N–C) groups is 1. The molecule has 1 N–H and O–H groups in total. The van der Waals surface area contributed by atoms with Gasteiger partial charge in [0.25, 0.3) is 5.91 Å². The van der Waals surface area contributed by atoms with Crippen molar-refractivity contribution < 1.29 is 9.53 Å². The maximum absolute atomic E-state index is 12.4. The minimum Gasteiger partial charge on any atom is -0.479 e. The molecule has 1 heterocycles. The molecular formula is C18H18N2O2. The third-order valence-corrected chi connectivity index (χ3v) is 3.57. The van der Waals surface area contributed by atoms with Gasteiger partial charge in [0.15, 0.2) is 5.90 Å². The van der Waals surface area contributed by atoms with Crippen molar-refractivity contribution in [2.45, 2.75) is 12.5 Å². The Morgan fingerprint density at radius 1 is 1.09 bits per heavy atom. The van der Waals surface area contributed by atoms with E-state index in [0.717, 1.165) is 5.56 Å². The summed E-state index contributed by atoms with van der Waals surface area (Å²) >= 11 is 0. The first-order valence-corrected chi connectivity index (χ1v) is 7.40. The Kier molecular flexibility index (Phi) is 4.49. The lowest BCUT2D eigenvalue weighted by Gasteiger charge is -2.19. The van der Waals surface area contributed by atoms with Gasteiger partial charge >= 0.3 is 0 Å². The Morgan fingerprint density at radius 3 is 2.41 bits per heavy atom. The van der Waals surface area contributed by atoms with Crippen molar-refractivity contribution in [3.8, 4) is 0 Å². The van der Waals surface area contributed by atoms with Crippen LogP contribution < -0.4 is 5.32 Å². The number of nitrogens with one attached hydrogen (secondary N) is 1. The van der Waals surface area contributed by atoms with Gasteiger partial charge in [-0.05, 0) is 17.7 Å². The Bertz CT molecular complexity index is 653. The third-order valence-electron chi connectivity index (χ3n) is 3.57. The molecule has 112 valence electrons. The molecule has 1 atom stereocenters. The number of carbonyl (C=O) groups is 1. The van der Waals surface area contributed by atoms with Crippen molar-refractivity contribution in [3.63, 3.8) is 0 Å². The zero-order valence-electron chi connectivity index (χ0n) is 12.2. The molecule has 0 fully saturated rings. The van der Waals surface area contributed by atoms with E-state index in [4.69, 9.17) is 4.74 Å². The fraction of sp³-hybridized carbons (Fsp3) is 0.222. The lowest BCUT2D eigenvalue weighted by atomic mass is 10.0. The van der Waals surface area contributed by atoms with Gasteiger partial charge in [-0.3, -0.25) is 9.79 Å². The van der Waals surface area contributed by atoms with Gasteiger partial charge in [0.05, 0.1) is 12.6 Å². The average molecular weight is 294 g/mol. The fourth-order valence-corrected chi connectivity index (χ4v) is 2.45. The summed E-state index contributed by atoms with van der Waals surface area (Å²) in [6.07, 6.45) is 0.572. The maximum Gasteiger partial charge on any atom is 0.251 e. The van der Waals surface area contributed by atoms with Crippen LogP contribution in [0.2, 0.25) is 0 Å². The van der Waals surface area contributed by atoms with Crippen LogP contribution in [0.1, 0.15) is 28.4 Å². The summed E-state index contributed by atoms with van der Waals surface area (Å²) in [6, 6.07) is 19.0. The second kappa shape index (κ2) is 6.89. The van der Waals surface area contributed by atoms with Gasteiger partial charge in [0.2, 0.25) is 0 Å². The number of amides is 1. The summed E-state index contributed by atoms with van der Waals surface area (Å²) in [6.45, 7) is 1.33. The van der Waals surface area contributed by atoms with Crippen LogP contribution >= 0.6 is 0 Å². The van der Waals surface area contributed by atoms with E-state index in [0.29, 0.717) is 31.0 Å². The zero-order chi connectivity index (χ0) is 15.2. The van der Waals surface area contributed by atoms with Crippen LogP contribution in [0.4, 0.5) is 0 Å². The predicted octanol–water partition coefficient (Wildman–Crippen LogP) is 2.98. The molecule has 0 spiro atoms. The maximum atomic E-state index is 12.4. The van der Waals surface area contributed by atoms with Gasteiger partial charge in [0, 0.05) is 12.0 Å². The molecule has 4 nitrogen and oxygen atoms in total. The largest absolute Gasteiger partial charge is 0.479 e. The highest BCUT2D eigenvalue weighted by atomic mass is 16.5. The summed E-state index contributed by atoms with van der Waals surface area (Å²) < 4.78 is 5.49. The Hall–Kier alpha value is -2.62.